The summed E-state index contributed by atoms with van der Waals surface area (Å²) in [5.41, 5.74) is 0. The summed E-state index contributed by atoms with van der Waals surface area (Å²) in [6.07, 6.45) is 17.6. The fraction of sp³-hybridized carbons (Fsp3) is 0.789. The molecule has 0 fully saturated rings. The summed E-state index contributed by atoms with van der Waals surface area (Å²) >= 11 is 0. The number of carbonyl (C=O) groups excluding carboxylic acids is 4. The average molecular weight is 378 g/mol. The van der Waals surface area contributed by atoms with E-state index >= 15 is 0 Å². The Morgan fingerprint density at radius 1 is 0.333 bits per heavy atom. The van der Waals surface area contributed by atoms with Crippen LogP contribution in [0, 0.1) is 0 Å². The van der Waals surface area contributed by atoms with E-state index in [0.29, 0.717) is 26.2 Å². The van der Waals surface area contributed by atoms with Crippen LogP contribution in [0.15, 0.2) is 20.0 Å². The molecule has 0 amide bonds. The number of unbranched alkanes of at least 4 members (excludes halogenated alkanes) is 9. The lowest BCUT2D eigenvalue weighted by molar-refractivity contribution is 0.557. The van der Waals surface area contributed by atoms with Crippen molar-refractivity contribution >= 4 is 24.3 Å². The summed E-state index contributed by atoms with van der Waals surface area (Å²) in [7, 11) is 0. The predicted molar refractivity (Wildman–Crippen MR) is 103 cm³/mol. The van der Waals surface area contributed by atoms with Gasteiger partial charge in [0.25, 0.3) is 0 Å². The average Bonchev–Trinajstić information content (AvgIpc) is 2.69. The summed E-state index contributed by atoms with van der Waals surface area (Å²) in [6, 6.07) is 0. The fourth-order valence-corrected chi connectivity index (χ4v) is 2.18. The van der Waals surface area contributed by atoms with Crippen LogP contribution < -0.4 is 0 Å². The number of hydrogen-bond donors (Lipinski definition) is 0. The molecule has 0 aromatic rings. The number of isocyanates is 4. The van der Waals surface area contributed by atoms with Gasteiger partial charge in [0, 0.05) is 0 Å². The van der Waals surface area contributed by atoms with Gasteiger partial charge >= 0.3 is 0 Å². The summed E-state index contributed by atoms with van der Waals surface area (Å²) in [4.78, 5) is 52.6. The number of rotatable bonds is 17. The van der Waals surface area contributed by atoms with Crippen molar-refractivity contribution in [3.63, 3.8) is 0 Å². The first kappa shape index (κ1) is 26.7. The van der Waals surface area contributed by atoms with Gasteiger partial charge in [-0.2, -0.15) is 0 Å². The number of aliphatic imine (C=N–C) groups is 4. The van der Waals surface area contributed by atoms with Crippen LogP contribution in [0.2, 0.25) is 0 Å². The van der Waals surface area contributed by atoms with Gasteiger partial charge in [-0.3, -0.25) is 0 Å². The van der Waals surface area contributed by atoms with Crippen LogP contribution in [0.1, 0.15) is 70.6 Å². The highest BCUT2D eigenvalue weighted by Gasteiger charge is 1.90. The van der Waals surface area contributed by atoms with Gasteiger partial charge in [-0.1, -0.05) is 44.9 Å². The molecule has 0 N–H and O–H groups in total. The van der Waals surface area contributed by atoms with Crippen LogP contribution >= 0.6 is 0 Å². The molecule has 0 bridgehead atoms. The zero-order chi connectivity index (χ0) is 20.3. The summed E-state index contributed by atoms with van der Waals surface area (Å²) < 4.78 is 0. The standard InChI is InChI=1S/C10H16N2O2.C9H14N2O2/c13-9-11-7-5-3-1-2-4-6-8-12-10-14;12-8-10-6-4-2-1-3-5-7-11-9-13/h1-8H2;1-7H2. The van der Waals surface area contributed by atoms with Crippen molar-refractivity contribution in [1.82, 2.24) is 0 Å². The second-order valence-corrected chi connectivity index (χ2v) is 5.78. The van der Waals surface area contributed by atoms with Gasteiger partial charge in [-0.05, 0) is 25.7 Å². The fourth-order valence-electron chi connectivity index (χ4n) is 2.18. The Labute approximate surface area is 161 Å². The molecule has 27 heavy (non-hydrogen) atoms. The summed E-state index contributed by atoms with van der Waals surface area (Å²) in [6.45, 7) is 2.35. The van der Waals surface area contributed by atoms with Gasteiger partial charge in [0.15, 0.2) is 0 Å². The van der Waals surface area contributed by atoms with Crippen molar-refractivity contribution in [2.45, 2.75) is 70.6 Å². The third kappa shape index (κ3) is 31.8. The molecule has 8 nitrogen and oxygen atoms in total. The molecule has 0 aliphatic carbocycles. The minimum Gasteiger partial charge on any atom is -0.211 e. The van der Waals surface area contributed by atoms with E-state index in [1.807, 2.05) is 0 Å². The maximum Gasteiger partial charge on any atom is 0.234 e. The molecule has 0 heterocycles. The van der Waals surface area contributed by atoms with Crippen molar-refractivity contribution in [2.24, 2.45) is 20.0 Å². The van der Waals surface area contributed by atoms with Crippen LogP contribution in [0.3, 0.4) is 0 Å². The lowest BCUT2D eigenvalue weighted by Gasteiger charge is -1.97. The Morgan fingerprint density at radius 3 is 0.704 bits per heavy atom. The lowest BCUT2D eigenvalue weighted by Crippen LogP contribution is -1.84. The first-order chi connectivity index (χ1) is 13.3. The Morgan fingerprint density at radius 2 is 0.519 bits per heavy atom. The number of hydrogen-bond acceptors (Lipinski definition) is 8. The van der Waals surface area contributed by atoms with E-state index in [1.54, 1.807) is 0 Å². The third-order valence-corrected chi connectivity index (χ3v) is 3.59. The molecule has 0 aliphatic heterocycles. The largest absolute Gasteiger partial charge is 0.234 e. The van der Waals surface area contributed by atoms with Gasteiger partial charge in [-0.25, -0.2) is 39.1 Å². The van der Waals surface area contributed by atoms with Crippen LogP contribution in [-0.4, -0.2) is 50.5 Å². The molecule has 150 valence electrons. The Hall–Kier alpha value is -2.48. The van der Waals surface area contributed by atoms with E-state index in [9.17, 15) is 19.2 Å². The third-order valence-electron chi connectivity index (χ3n) is 3.59. The highest BCUT2D eigenvalue weighted by atomic mass is 16.1. The van der Waals surface area contributed by atoms with Crippen LogP contribution in [0.4, 0.5) is 0 Å². The first-order valence-electron chi connectivity index (χ1n) is 9.48. The molecule has 0 spiro atoms. The molecule has 0 radical (unpaired) electrons. The van der Waals surface area contributed by atoms with E-state index in [2.05, 4.69) is 20.0 Å². The van der Waals surface area contributed by atoms with E-state index in [4.69, 9.17) is 0 Å². The van der Waals surface area contributed by atoms with E-state index in [-0.39, 0.29) is 0 Å². The highest BCUT2D eigenvalue weighted by molar-refractivity contribution is 5.33. The minimum atomic E-state index is 0.579. The van der Waals surface area contributed by atoms with Crippen LogP contribution in [-0.2, 0) is 19.2 Å². The second-order valence-electron chi connectivity index (χ2n) is 5.78. The van der Waals surface area contributed by atoms with Gasteiger partial charge in [0.2, 0.25) is 24.3 Å². The minimum absolute atomic E-state index is 0.579. The number of nitrogens with zero attached hydrogens (tertiary/aromatic N) is 4. The molecular weight excluding hydrogens is 348 g/mol. The van der Waals surface area contributed by atoms with Crippen molar-refractivity contribution in [3.8, 4) is 0 Å². The topological polar surface area (TPSA) is 118 Å². The van der Waals surface area contributed by atoms with E-state index in [1.165, 1.54) is 24.3 Å². The zero-order valence-electron chi connectivity index (χ0n) is 16.0. The van der Waals surface area contributed by atoms with Crippen LogP contribution in [0.5, 0.6) is 0 Å². The van der Waals surface area contributed by atoms with Gasteiger partial charge in [-0.15, -0.1) is 0 Å². The first-order valence-corrected chi connectivity index (χ1v) is 9.48. The predicted octanol–water partition coefficient (Wildman–Crippen LogP) is 3.61. The normalized spacial score (nSPS) is 8.74. The monoisotopic (exact) mass is 378 g/mol. The van der Waals surface area contributed by atoms with E-state index in [0.717, 1.165) is 70.6 Å². The maximum atomic E-state index is 9.71. The Balaban J connectivity index is 0. The smallest absolute Gasteiger partial charge is 0.211 e. The summed E-state index contributed by atoms with van der Waals surface area (Å²) in [5.74, 6) is 0. The van der Waals surface area contributed by atoms with E-state index < -0.39 is 0 Å². The van der Waals surface area contributed by atoms with Crippen molar-refractivity contribution < 1.29 is 19.2 Å². The van der Waals surface area contributed by atoms with Crippen molar-refractivity contribution in [3.05, 3.63) is 0 Å². The second kappa shape index (κ2) is 28.3. The molecule has 0 rings (SSSR count). The molecule has 8 heteroatoms. The molecule has 0 atom stereocenters. The quantitative estimate of drug-likeness (QED) is 0.218. The van der Waals surface area contributed by atoms with Crippen LogP contribution in [0.25, 0.3) is 0 Å². The highest BCUT2D eigenvalue weighted by Crippen LogP contribution is 2.05. The van der Waals surface area contributed by atoms with Gasteiger partial charge in [0.05, 0.1) is 26.2 Å². The summed E-state index contributed by atoms with van der Waals surface area (Å²) in [5, 5.41) is 0. The molecule has 0 saturated carbocycles. The van der Waals surface area contributed by atoms with Crippen molar-refractivity contribution in [1.29, 1.82) is 0 Å². The SMILES string of the molecule is O=C=NCCCCCCCCN=C=O.O=C=NCCCCCCCN=C=O. The molecule has 0 aromatic heterocycles. The van der Waals surface area contributed by atoms with Crippen molar-refractivity contribution in [2.75, 3.05) is 26.2 Å². The molecule has 0 aromatic carbocycles. The zero-order valence-corrected chi connectivity index (χ0v) is 16.0. The van der Waals surface area contributed by atoms with Gasteiger partial charge in [0.1, 0.15) is 0 Å². The molecule has 0 aliphatic rings. The molecular formula is C19H30N4O4. The molecule has 0 unspecified atom stereocenters. The lowest BCUT2D eigenvalue weighted by atomic mass is 10.1. The Kier molecular flexibility index (Phi) is 28.1. The maximum absolute atomic E-state index is 9.71. The Bertz CT molecular complexity index is 468. The van der Waals surface area contributed by atoms with Gasteiger partial charge < -0.3 is 0 Å². The molecule has 0 saturated heterocycles.